The minimum absolute atomic E-state index is 0.769. The van der Waals surface area contributed by atoms with E-state index >= 15 is 0 Å². The molecule has 1 aliphatic rings. The van der Waals surface area contributed by atoms with E-state index in [1.165, 1.54) is 24.1 Å². The highest BCUT2D eigenvalue weighted by Gasteiger charge is 2.19. The molecule has 0 bridgehead atoms. The monoisotopic (exact) mass is 219 g/mol. The number of hydrogen-bond acceptors (Lipinski definition) is 3. The number of rotatable bonds is 4. The molecule has 3 nitrogen and oxygen atoms in total. The van der Waals surface area contributed by atoms with Gasteiger partial charge in [0.25, 0.3) is 0 Å². The zero-order chi connectivity index (χ0) is 11.4. The molecule has 1 unspecified atom stereocenters. The third-order valence-corrected chi connectivity index (χ3v) is 3.23. The van der Waals surface area contributed by atoms with Gasteiger partial charge in [0, 0.05) is 11.9 Å². The van der Waals surface area contributed by atoms with Crippen molar-refractivity contribution >= 4 is 0 Å². The second kappa shape index (κ2) is 5.39. The second-order valence-corrected chi connectivity index (χ2v) is 4.70. The molecule has 0 spiro atoms. The molecule has 2 rings (SSSR count). The predicted molar refractivity (Wildman–Crippen MR) is 65.4 cm³/mol. The normalized spacial score (nSPS) is 19.5. The number of fused-ring (bicyclic) bond motifs is 1. The highest BCUT2D eigenvalue weighted by atomic mass is 14.9. The molecule has 1 N–H and O–H groups in total. The van der Waals surface area contributed by atoms with Crippen molar-refractivity contribution in [1.82, 2.24) is 15.3 Å². The Hall–Kier alpha value is -0.960. The van der Waals surface area contributed by atoms with Crippen LogP contribution in [0.25, 0.3) is 0 Å². The van der Waals surface area contributed by atoms with E-state index in [2.05, 4.69) is 22.2 Å². The van der Waals surface area contributed by atoms with Gasteiger partial charge in [0.2, 0.25) is 0 Å². The van der Waals surface area contributed by atoms with Crippen LogP contribution in [0.1, 0.15) is 36.8 Å². The first kappa shape index (κ1) is 11.5. The van der Waals surface area contributed by atoms with Gasteiger partial charge in [0.05, 0.1) is 0 Å². The topological polar surface area (TPSA) is 37.8 Å². The Morgan fingerprint density at radius 2 is 2.38 bits per heavy atom. The van der Waals surface area contributed by atoms with Crippen LogP contribution in [0.2, 0.25) is 0 Å². The number of nitrogens with one attached hydrogen (secondary N) is 1. The molecule has 1 atom stereocenters. The van der Waals surface area contributed by atoms with Crippen LogP contribution >= 0.6 is 0 Å². The lowest BCUT2D eigenvalue weighted by Crippen LogP contribution is -2.28. The van der Waals surface area contributed by atoms with Crippen molar-refractivity contribution in [3.8, 4) is 0 Å². The maximum Gasteiger partial charge on any atom is 0.125 e. The summed E-state index contributed by atoms with van der Waals surface area (Å²) in [6.45, 7) is 6.45. The van der Waals surface area contributed by atoms with Gasteiger partial charge in [-0.15, -0.1) is 0 Å². The average Bonchev–Trinajstić information content (AvgIpc) is 2.29. The molecule has 1 aliphatic carbocycles. The van der Waals surface area contributed by atoms with E-state index in [0.29, 0.717) is 0 Å². The Morgan fingerprint density at radius 1 is 1.50 bits per heavy atom. The quantitative estimate of drug-likeness (QED) is 0.786. The van der Waals surface area contributed by atoms with Gasteiger partial charge < -0.3 is 5.32 Å². The molecule has 1 aromatic heterocycles. The molecule has 0 amide bonds. The summed E-state index contributed by atoms with van der Waals surface area (Å²) >= 11 is 0. The fraction of sp³-hybridized carbons (Fsp3) is 0.692. The van der Waals surface area contributed by atoms with Gasteiger partial charge in [-0.05, 0) is 57.2 Å². The summed E-state index contributed by atoms with van der Waals surface area (Å²) in [6, 6.07) is 0. The highest BCUT2D eigenvalue weighted by molar-refractivity contribution is 5.21. The molecule has 3 heteroatoms. The molecule has 1 heterocycles. The van der Waals surface area contributed by atoms with E-state index in [1.807, 2.05) is 13.1 Å². The lowest BCUT2D eigenvalue weighted by Gasteiger charge is -2.23. The van der Waals surface area contributed by atoms with Gasteiger partial charge in [0.1, 0.15) is 5.82 Å². The molecule has 0 aromatic carbocycles. The van der Waals surface area contributed by atoms with Gasteiger partial charge >= 0.3 is 0 Å². The van der Waals surface area contributed by atoms with E-state index in [-0.39, 0.29) is 0 Å². The molecule has 88 valence electrons. The largest absolute Gasteiger partial charge is 0.316 e. The van der Waals surface area contributed by atoms with Crippen LogP contribution in [0, 0.1) is 12.8 Å². The van der Waals surface area contributed by atoms with Crippen molar-refractivity contribution in [2.75, 3.05) is 13.1 Å². The van der Waals surface area contributed by atoms with E-state index < -0.39 is 0 Å². The van der Waals surface area contributed by atoms with E-state index in [4.69, 9.17) is 0 Å². The Bertz CT molecular complexity index is 349. The smallest absolute Gasteiger partial charge is 0.125 e. The maximum atomic E-state index is 4.51. The summed E-state index contributed by atoms with van der Waals surface area (Å²) in [5.74, 6) is 1.67. The fourth-order valence-electron chi connectivity index (χ4n) is 2.34. The number of hydrogen-bond donors (Lipinski definition) is 1. The van der Waals surface area contributed by atoms with Crippen LogP contribution < -0.4 is 5.32 Å². The van der Waals surface area contributed by atoms with Crippen molar-refractivity contribution in [3.05, 3.63) is 23.3 Å². The van der Waals surface area contributed by atoms with Crippen molar-refractivity contribution in [3.63, 3.8) is 0 Å². The number of nitrogens with zero attached hydrogens (tertiary/aromatic N) is 2. The maximum absolute atomic E-state index is 4.51. The van der Waals surface area contributed by atoms with Gasteiger partial charge in [-0.1, -0.05) is 6.92 Å². The first-order valence-electron chi connectivity index (χ1n) is 6.31. The molecule has 0 fully saturated rings. The van der Waals surface area contributed by atoms with Crippen LogP contribution in [0.15, 0.2) is 6.20 Å². The lowest BCUT2D eigenvalue weighted by atomic mass is 9.87. The van der Waals surface area contributed by atoms with Crippen molar-refractivity contribution in [2.24, 2.45) is 5.92 Å². The van der Waals surface area contributed by atoms with Gasteiger partial charge in [-0.25, -0.2) is 9.97 Å². The minimum Gasteiger partial charge on any atom is -0.316 e. The summed E-state index contributed by atoms with van der Waals surface area (Å²) in [5.41, 5.74) is 2.64. The Labute approximate surface area is 97.7 Å². The predicted octanol–water partition coefficient (Wildman–Crippen LogP) is 1.89. The Morgan fingerprint density at radius 3 is 3.19 bits per heavy atom. The van der Waals surface area contributed by atoms with Gasteiger partial charge in [0.15, 0.2) is 0 Å². The summed E-state index contributed by atoms with van der Waals surface area (Å²) in [5, 5.41) is 3.51. The zero-order valence-electron chi connectivity index (χ0n) is 10.3. The minimum atomic E-state index is 0.769. The molecule has 1 aromatic rings. The molecule has 0 saturated heterocycles. The van der Waals surface area contributed by atoms with Crippen LogP contribution in [0.5, 0.6) is 0 Å². The second-order valence-electron chi connectivity index (χ2n) is 4.70. The van der Waals surface area contributed by atoms with Crippen molar-refractivity contribution in [2.45, 2.75) is 39.5 Å². The number of aryl methyl sites for hydroxylation is 2. The van der Waals surface area contributed by atoms with Crippen LogP contribution in [-0.2, 0) is 12.8 Å². The first-order valence-corrected chi connectivity index (χ1v) is 6.31. The summed E-state index contributed by atoms with van der Waals surface area (Å²) in [6.07, 6.45) is 6.76. The van der Waals surface area contributed by atoms with Crippen LogP contribution in [0.3, 0.4) is 0 Å². The van der Waals surface area contributed by atoms with Crippen LogP contribution in [-0.4, -0.2) is 23.1 Å². The SMILES string of the molecule is CCCNCC1CCc2nc(C)ncc2C1. The third-order valence-electron chi connectivity index (χ3n) is 3.23. The third kappa shape index (κ3) is 2.79. The lowest BCUT2D eigenvalue weighted by molar-refractivity contribution is 0.419. The van der Waals surface area contributed by atoms with E-state index in [0.717, 1.165) is 37.7 Å². The number of aromatic nitrogens is 2. The standard InChI is InChI=1S/C13H21N3/c1-3-6-14-8-11-4-5-13-12(7-11)9-15-10(2)16-13/h9,11,14H,3-8H2,1-2H3. The molecule has 0 radical (unpaired) electrons. The fourth-order valence-corrected chi connectivity index (χ4v) is 2.34. The molecule has 0 aliphatic heterocycles. The Kier molecular flexibility index (Phi) is 3.88. The van der Waals surface area contributed by atoms with Crippen LogP contribution in [0.4, 0.5) is 0 Å². The molecule has 0 saturated carbocycles. The Balaban J connectivity index is 1.93. The van der Waals surface area contributed by atoms with Gasteiger partial charge in [-0.2, -0.15) is 0 Å². The molecular weight excluding hydrogens is 198 g/mol. The zero-order valence-corrected chi connectivity index (χ0v) is 10.3. The van der Waals surface area contributed by atoms with E-state index in [1.54, 1.807) is 0 Å². The van der Waals surface area contributed by atoms with Crippen molar-refractivity contribution < 1.29 is 0 Å². The highest BCUT2D eigenvalue weighted by Crippen LogP contribution is 2.23. The summed E-state index contributed by atoms with van der Waals surface area (Å²) < 4.78 is 0. The molecule has 16 heavy (non-hydrogen) atoms. The van der Waals surface area contributed by atoms with E-state index in [9.17, 15) is 0 Å². The van der Waals surface area contributed by atoms with Crippen molar-refractivity contribution in [1.29, 1.82) is 0 Å². The first-order chi connectivity index (χ1) is 7.79. The summed E-state index contributed by atoms with van der Waals surface area (Å²) in [7, 11) is 0. The molecular formula is C13H21N3. The van der Waals surface area contributed by atoms with Gasteiger partial charge in [-0.3, -0.25) is 0 Å². The summed E-state index contributed by atoms with van der Waals surface area (Å²) in [4.78, 5) is 8.80. The average molecular weight is 219 g/mol.